The molecular formula is C24H34N4OS. The summed E-state index contributed by atoms with van der Waals surface area (Å²) in [6.45, 7) is 8.01. The van der Waals surface area contributed by atoms with Crippen molar-refractivity contribution in [1.29, 1.82) is 0 Å². The van der Waals surface area contributed by atoms with Crippen molar-refractivity contribution in [2.24, 2.45) is 5.92 Å². The van der Waals surface area contributed by atoms with E-state index in [9.17, 15) is 4.79 Å². The van der Waals surface area contributed by atoms with Crippen molar-refractivity contribution in [3.63, 3.8) is 0 Å². The molecule has 6 heteroatoms. The molecule has 1 aliphatic carbocycles. The standard InChI is InChI=1S/C24H34N4OS/c1-18(2)23-26-22(17-30-23)24(29)28(16-20-6-5-11-25-14-20)15-19-9-12-27(13-10-19)21-7-3-4-8-21/h5-6,11,14,17-19,21H,3-4,7-10,12-13,15-16H2,1-2H3. The van der Waals surface area contributed by atoms with Crippen LogP contribution in [0, 0.1) is 5.92 Å². The number of carbonyl (C=O) groups excluding carboxylic acids is 1. The molecule has 0 atom stereocenters. The van der Waals surface area contributed by atoms with Gasteiger partial charge in [-0.2, -0.15) is 0 Å². The lowest BCUT2D eigenvalue weighted by Gasteiger charge is -2.37. The SMILES string of the molecule is CC(C)c1nc(C(=O)N(Cc2cccnc2)CC2CCN(C3CCCC3)CC2)cs1. The van der Waals surface area contributed by atoms with E-state index in [2.05, 4.69) is 34.8 Å². The number of nitrogens with zero attached hydrogens (tertiary/aromatic N) is 4. The monoisotopic (exact) mass is 426 g/mol. The molecule has 2 aromatic rings. The van der Waals surface area contributed by atoms with Gasteiger partial charge in [-0.3, -0.25) is 9.78 Å². The van der Waals surface area contributed by atoms with E-state index in [4.69, 9.17) is 0 Å². The molecule has 3 heterocycles. The topological polar surface area (TPSA) is 49.3 Å². The van der Waals surface area contributed by atoms with E-state index >= 15 is 0 Å². The molecule has 2 aromatic heterocycles. The van der Waals surface area contributed by atoms with E-state index in [1.54, 1.807) is 17.5 Å². The van der Waals surface area contributed by atoms with Gasteiger partial charge in [-0.05, 0) is 56.3 Å². The maximum Gasteiger partial charge on any atom is 0.273 e. The summed E-state index contributed by atoms with van der Waals surface area (Å²) in [5.74, 6) is 0.968. The van der Waals surface area contributed by atoms with E-state index < -0.39 is 0 Å². The molecule has 1 saturated heterocycles. The third-order valence-corrected chi connectivity index (χ3v) is 7.73. The van der Waals surface area contributed by atoms with Crippen LogP contribution in [0.4, 0.5) is 0 Å². The van der Waals surface area contributed by atoms with Gasteiger partial charge in [0.1, 0.15) is 5.69 Å². The molecule has 2 fully saturated rings. The van der Waals surface area contributed by atoms with Gasteiger partial charge >= 0.3 is 0 Å². The first-order valence-electron chi connectivity index (χ1n) is 11.5. The molecule has 0 N–H and O–H groups in total. The van der Waals surface area contributed by atoms with Crippen molar-refractivity contribution in [3.05, 3.63) is 46.2 Å². The fourth-order valence-corrected chi connectivity index (χ4v) is 5.64. The van der Waals surface area contributed by atoms with E-state index in [-0.39, 0.29) is 5.91 Å². The maximum absolute atomic E-state index is 13.4. The molecule has 0 radical (unpaired) electrons. The predicted molar refractivity (Wildman–Crippen MR) is 122 cm³/mol. The number of aromatic nitrogens is 2. The van der Waals surface area contributed by atoms with Gasteiger partial charge in [0.05, 0.1) is 5.01 Å². The van der Waals surface area contributed by atoms with Crippen LogP contribution < -0.4 is 0 Å². The van der Waals surface area contributed by atoms with Crippen LogP contribution in [0.25, 0.3) is 0 Å². The number of piperidine rings is 1. The Hall–Kier alpha value is -1.79. The largest absolute Gasteiger partial charge is 0.333 e. The van der Waals surface area contributed by atoms with Crippen molar-refractivity contribution < 1.29 is 4.79 Å². The Morgan fingerprint density at radius 2 is 2.00 bits per heavy atom. The van der Waals surface area contributed by atoms with Crippen molar-refractivity contribution >= 4 is 17.2 Å². The van der Waals surface area contributed by atoms with Crippen LogP contribution in [0.15, 0.2) is 29.9 Å². The lowest BCUT2D eigenvalue weighted by Crippen LogP contribution is -2.43. The number of hydrogen-bond donors (Lipinski definition) is 0. The number of hydrogen-bond acceptors (Lipinski definition) is 5. The molecule has 5 nitrogen and oxygen atoms in total. The smallest absolute Gasteiger partial charge is 0.273 e. The van der Waals surface area contributed by atoms with Gasteiger partial charge in [0.25, 0.3) is 5.91 Å². The van der Waals surface area contributed by atoms with Gasteiger partial charge in [-0.1, -0.05) is 32.8 Å². The van der Waals surface area contributed by atoms with Crippen molar-refractivity contribution in [2.75, 3.05) is 19.6 Å². The summed E-state index contributed by atoms with van der Waals surface area (Å²) >= 11 is 1.59. The second kappa shape index (κ2) is 10.0. The molecule has 30 heavy (non-hydrogen) atoms. The predicted octanol–water partition coefficient (Wildman–Crippen LogP) is 4.96. The molecule has 0 unspecified atom stereocenters. The summed E-state index contributed by atoms with van der Waals surface area (Å²) in [4.78, 5) is 27.0. The minimum absolute atomic E-state index is 0.0558. The molecule has 0 bridgehead atoms. The van der Waals surface area contributed by atoms with Crippen LogP contribution in [-0.2, 0) is 6.54 Å². The minimum Gasteiger partial charge on any atom is -0.333 e. The fourth-order valence-electron chi connectivity index (χ4n) is 4.83. The summed E-state index contributed by atoms with van der Waals surface area (Å²) in [5, 5.41) is 2.96. The highest BCUT2D eigenvalue weighted by atomic mass is 32.1. The molecule has 1 aliphatic heterocycles. The van der Waals surface area contributed by atoms with Crippen LogP contribution in [0.2, 0.25) is 0 Å². The van der Waals surface area contributed by atoms with Crippen molar-refractivity contribution in [2.45, 2.75) is 70.9 Å². The quantitative estimate of drug-likeness (QED) is 0.628. The Balaban J connectivity index is 1.42. The number of rotatable bonds is 7. The maximum atomic E-state index is 13.4. The van der Waals surface area contributed by atoms with Gasteiger partial charge in [0.2, 0.25) is 0 Å². The van der Waals surface area contributed by atoms with Gasteiger partial charge < -0.3 is 9.80 Å². The third kappa shape index (κ3) is 5.27. The third-order valence-electron chi connectivity index (χ3n) is 6.59. The van der Waals surface area contributed by atoms with Crippen LogP contribution in [0.3, 0.4) is 0 Å². The first kappa shape index (κ1) is 21.4. The average Bonchev–Trinajstić information content (AvgIpc) is 3.46. The molecule has 2 aliphatic rings. The molecular weight excluding hydrogens is 392 g/mol. The molecule has 1 amide bonds. The lowest BCUT2D eigenvalue weighted by atomic mass is 9.94. The first-order valence-corrected chi connectivity index (χ1v) is 12.4. The van der Waals surface area contributed by atoms with Gasteiger partial charge in [0.15, 0.2) is 0 Å². The minimum atomic E-state index is 0.0558. The van der Waals surface area contributed by atoms with Crippen LogP contribution in [0.1, 0.15) is 79.3 Å². The lowest BCUT2D eigenvalue weighted by molar-refractivity contribution is 0.0645. The zero-order valence-electron chi connectivity index (χ0n) is 18.3. The summed E-state index contributed by atoms with van der Waals surface area (Å²) in [5.41, 5.74) is 1.67. The number of thiazole rings is 1. The average molecular weight is 427 g/mol. The van der Waals surface area contributed by atoms with E-state index in [0.29, 0.717) is 24.1 Å². The van der Waals surface area contributed by atoms with E-state index in [0.717, 1.165) is 23.2 Å². The Morgan fingerprint density at radius 3 is 2.63 bits per heavy atom. The first-order chi connectivity index (χ1) is 14.6. The van der Waals surface area contributed by atoms with Crippen LogP contribution >= 0.6 is 11.3 Å². The van der Waals surface area contributed by atoms with Crippen LogP contribution in [-0.4, -0.2) is 51.4 Å². The molecule has 0 aromatic carbocycles. The van der Waals surface area contributed by atoms with Gasteiger partial charge in [0, 0.05) is 42.8 Å². The molecule has 1 saturated carbocycles. The second-order valence-corrected chi connectivity index (χ2v) is 10.1. The summed E-state index contributed by atoms with van der Waals surface area (Å²) in [6.07, 6.45) is 11.5. The van der Waals surface area contributed by atoms with Crippen LogP contribution in [0.5, 0.6) is 0 Å². The summed E-state index contributed by atoms with van der Waals surface area (Å²) in [6, 6.07) is 4.80. The zero-order chi connectivity index (χ0) is 20.9. The summed E-state index contributed by atoms with van der Waals surface area (Å²) in [7, 11) is 0. The zero-order valence-corrected chi connectivity index (χ0v) is 19.1. The van der Waals surface area contributed by atoms with E-state index in [1.807, 2.05) is 22.5 Å². The molecule has 0 spiro atoms. The number of likely N-dealkylation sites (tertiary alicyclic amines) is 1. The normalized spacial score (nSPS) is 18.9. The highest BCUT2D eigenvalue weighted by Gasteiger charge is 2.29. The molecule has 4 rings (SSSR count). The van der Waals surface area contributed by atoms with Gasteiger partial charge in [-0.25, -0.2) is 4.98 Å². The fraction of sp³-hybridized carbons (Fsp3) is 0.625. The Kier molecular flexibility index (Phi) is 7.16. The number of pyridine rings is 1. The Labute approximate surface area is 184 Å². The highest BCUT2D eigenvalue weighted by Crippen LogP contribution is 2.29. The van der Waals surface area contributed by atoms with E-state index in [1.165, 1.54) is 51.6 Å². The Morgan fingerprint density at radius 1 is 1.23 bits per heavy atom. The number of carbonyl (C=O) groups is 1. The van der Waals surface area contributed by atoms with Crippen molar-refractivity contribution in [1.82, 2.24) is 19.8 Å². The van der Waals surface area contributed by atoms with Crippen molar-refractivity contribution in [3.8, 4) is 0 Å². The summed E-state index contributed by atoms with van der Waals surface area (Å²) < 4.78 is 0. The highest BCUT2D eigenvalue weighted by molar-refractivity contribution is 7.09. The second-order valence-electron chi connectivity index (χ2n) is 9.19. The number of amides is 1. The van der Waals surface area contributed by atoms with Gasteiger partial charge in [-0.15, -0.1) is 11.3 Å². The molecule has 162 valence electrons. The Bertz CT molecular complexity index is 808.